The summed E-state index contributed by atoms with van der Waals surface area (Å²) in [6.45, 7) is -0.258. The normalized spacial score (nSPS) is 29.6. The van der Waals surface area contributed by atoms with Crippen molar-refractivity contribution in [3.63, 3.8) is 0 Å². The molecule has 0 radical (unpaired) electrons. The topological polar surface area (TPSA) is 155 Å². The van der Waals surface area contributed by atoms with Crippen molar-refractivity contribution in [2.24, 2.45) is 0 Å². The second kappa shape index (κ2) is 15.3. The van der Waals surface area contributed by atoms with Crippen LogP contribution < -0.4 is 0 Å². The molecule has 0 spiro atoms. The fourth-order valence-electron chi connectivity index (χ4n) is 6.57. The van der Waals surface area contributed by atoms with Gasteiger partial charge in [-0.1, -0.05) is 72.8 Å². The zero-order chi connectivity index (χ0) is 36.3. The molecule has 4 aliphatic heterocycles. The quantitative estimate of drug-likeness (QED) is 0.124. The van der Waals surface area contributed by atoms with Crippen molar-refractivity contribution >= 4 is 23.9 Å². The van der Waals surface area contributed by atoms with E-state index in [0.717, 1.165) is 0 Å². The summed E-state index contributed by atoms with van der Waals surface area (Å²) in [4.78, 5) is 54.4. The van der Waals surface area contributed by atoms with E-state index < -0.39 is 85.8 Å². The van der Waals surface area contributed by atoms with Crippen molar-refractivity contribution in [2.45, 2.75) is 61.4 Å². The van der Waals surface area contributed by atoms with Gasteiger partial charge in [0.2, 0.25) is 0 Å². The Hall–Kier alpha value is -5.44. The molecule has 0 N–H and O–H groups in total. The highest BCUT2D eigenvalue weighted by molar-refractivity contribution is 5.91. The van der Waals surface area contributed by atoms with Crippen molar-refractivity contribution in [3.05, 3.63) is 144 Å². The van der Waals surface area contributed by atoms with Crippen LogP contribution >= 0.6 is 0 Å². The van der Waals surface area contributed by atoms with E-state index in [1.807, 2.05) is 0 Å². The minimum Gasteiger partial charge on any atom is -0.459 e. The Morgan fingerprint density at radius 3 is 1.51 bits per heavy atom. The first-order chi connectivity index (χ1) is 25.9. The standard InChI is InChI=1S/C40H34O13/c41-35(23-13-5-1-6-14-23)45-21-27-29(50-36(42)24-15-7-2-8-16-24)32(51-37(43)25-17-9-3-10-18-25)34(52-38(44)26-19-11-4-12-20-26)40(48-27)53-30-28-22-46-39(47-28)33-31(30)49-33/h1-20,27-34,39-40H,21-22H2. The highest BCUT2D eigenvalue weighted by atomic mass is 16.8. The van der Waals surface area contributed by atoms with E-state index >= 15 is 0 Å². The zero-order valence-corrected chi connectivity index (χ0v) is 28.0. The summed E-state index contributed by atoms with van der Waals surface area (Å²) < 4.78 is 54.5. The zero-order valence-electron chi connectivity index (χ0n) is 28.0. The van der Waals surface area contributed by atoms with Gasteiger partial charge in [0.15, 0.2) is 30.9 Å². The average Bonchev–Trinajstić information content (AvgIpc) is 3.90. The van der Waals surface area contributed by atoms with Crippen molar-refractivity contribution in [2.75, 3.05) is 13.2 Å². The van der Waals surface area contributed by atoms with E-state index in [9.17, 15) is 19.2 Å². The van der Waals surface area contributed by atoms with Gasteiger partial charge in [0.1, 0.15) is 37.1 Å². The summed E-state index contributed by atoms with van der Waals surface area (Å²) in [5, 5.41) is 0. The predicted molar refractivity (Wildman–Crippen MR) is 180 cm³/mol. The van der Waals surface area contributed by atoms with E-state index in [4.69, 9.17) is 42.6 Å². The van der Waals surface area contributed by atoms with Crippen LogP contribution in [0, 0.1) is 0 Å². The first-order valence-corrected chi connectivity index (χ1v) is 17.2. The Labute approximate surface area is 303 Å². The lowest BCUT2D eigenvalue weighted by molar-refractivity contribution is -0.317. The minimum absolute atomic E-state index is 0.175. The molecule has 0 aliphatic carbocycles. The molecule has 10 atom stereocenters. The van der Waals surface area contributed by atoms with Crippen molar-refractivity contribution in [1.29, 1.82) is 0 Å². The molecule has 13 nitrogen and oxygen atoms in total. The lowest BCUT2D eigenvalue weighted by atomic mass is 9.97. The highest BCUT2D eigenvalue weighted by Crippen LogP contribution is 2.44. The number of rotatable bonds is 11. The van der Waals surface area contributed by atoms with Crippen LogP contribution in [0.3, 0.4) is 0 Å². The fourth-order valence-corrected chi connectivity index (χ4v) is 6.57. The number of carbonyl (C=O) groups is 4. The van der Waals surface area contributed by atoms with Crippen molar-refractivity contribution in [1.82, 2.24) is 0 Å². The smallest absolute Gasteiger partial charge is 0.338 e. The number of ether oxygens (including phenoxy) is 9. The fraction of sp³-hybridized carbons (Fsp3) is 0.300. The third-order valence-corrected chi connectivity index (χ3v) is 9.28. The molecule has 4 aromatic rings. The minimum atomic E-state index is -1.55. The summed E-state index contributed by atoms with van der Waals surface area (Å²) in [5.41, 5.74) is 0.815. The van der Waals surface area contributed by atoms with E-state index in [1.165, 1.54) is 0 Å². The summed E-state index contributed by atoms with van der Waals surface area (Å²) in [6.07, 6.45) is -9.95. The van der Waals surface area contributed by atoms with Crippen LogP contribution in [0.25, 0.3) is 0 Å². The van der Waals surface area contributed by atoms with Crippen molar-refractivity contribution < 1.29 is 61.8 Å². The third kappa shape index (κ3) is 7.56. The van der Waals surface area contributed by atoms with E-state index in [1.54, 1.807) is 121 Å². The van der Waals surface area contributed by atoms with Crippen molar-refractivity contribution in [3.8, 4) is 0 Å². The van der Waals surface area contributed by atoms with E-state index in [0.29, 0.717) is 0 Å². The largest absolute Gasteiger partial charge is 0.459 e. The second-order valence-electron chi connectivity index (χ2n) is 12.8. The number of carbonyl (C=O) groups excluding carboxylic acids is 4. The van der Waals surface area contributed by atoms with Crippen LogP contribution in [-0.4, -0.2) is 98.5 Å². The lowest BCUT2D eigenvalue weighted by Gasteiger charge is -2.45. The first kappa shape index (κ1) is 34.6. The Balaban J connectivity index is 1.17. The number of hydrogen-bond donors (Lipinski definition) is 0. The number of fused-ring (bicyclic) bond motifs is 4. The van der Waals surface area contributed by atoms with E-state index in [2.05, 4.69) is 0 Å². The molecule has 4 aromatic carbocycles. The van der Waals surface area contributed by atoms with Gasteiger partial charge in [-0.3, -0.25) is 0 Å². The molecule has 4 heterocycles. The van der Waals surface area contributed by atoms with Crippen LogP contribution in [0.5, 0.6) is 0 Å². The van der Waals surface area contributed by atoms with Crippen LogP contribution in [0.15, 0.2) is 121 Å². The Kier molecular flexibility index (Phi) is 9.98. The third-order valence-electron chi connectivity index (χ3n) is 9.28. The monoisotopic (exact) mass is 722 g/mol. The Bertz CT molecular complexity index is 1910. The highest BCUT2D eigenvalue weighted by Gasteiger charge is 2.64. The molecule has 8 rings (SSSR count). The number of hydrogen-bond acceptors (Lipinski definition) is 13. The molecule has 10 unspecified atom stereocenters. The molecule has 0 aromatic heterocycles. The van der Waals surface area contributed by atoms with Crippen LogP contribution in [0.4, 0.5) is 0 Å². The molecular weight excluding hydrogens is 688 g/mol. The first-order valence-electron chi connectivity index (χ1n) is 17.2. The predicted octanol–water partition coefficient (Wildman–Crippen LogP) is 4.15. The SMILES string of the molecule is O=C(OCC1OC(OC2C3COC(O3)C3OC23)C(OC(=O)c2ccccc2)C(OC(=O)c2ccccc2)C1OC(=O)c1ccccc1)c1ccccc1. The molecule has 53 heavy (non-hydrogen) atoms. The molecule has 0 amide bonds. The summed E-state index contributed by atoms with van der Waals surface area (Å²) >= 11 is 0. The molecular formula is C40H34O13. The van der Waals surface area contributed by atoms with Gasteiger partial charge in [-0.2, -0.15) is 0 Å². The lowest BCUT2D eigenvalue weighted by Crippen LogP contribution is -2.64. The van der Waals surface area contributed by atoms with Gasteiger partial charge in [0.25, 0.3) is 0 Å². The number of epoxide rings is 1. The number of benzene rings is 4. The maximum atomic E-state index is 13.8. The van der Waals surface area contributed by atoms with Gasteiger partial charge in [-0.15, -0.1) is 0 Å². The molecule has 4 aliphatic rings. The molecule has 4 fully saturated rings. The average molecular weight is 723 g/mol. The molecule has 2 bridgehead atoms. The summed E-state index contributed by atoms with van der Waals surface area (Å²) in [6, 6.07) is 32.8. The Morgan fingerprint density at radius 2 is 0.981 bits per heavy atom. The molecule has 13 heteroatoms. The van der Waals surface area contributed by atoms with Crippen LogP contribution in [0.2, 0.25) is 0 Å². The maximum absolute atomic E-state index is 13.8. The van der Waals surface area contributed by atoms with Gasteiger partial charge < -0.3 is 42.6 Å². The number of esters is 4. The van der Waals surface area contributed by atoms with Gasteiger partial charge in [-0.05, 0) is 48.5 Å². The van der Waals surface area contributed by atoms with Gasteiger partial charge >= 0.3 is 23.9 Å². The second-order valence-corrected chi connectivity index (χ2v) is 12.8. The maximum Gasteiger partial charge on any atom is 0.338 e. The summed E-state index contributed by atoms with van der Waals surface area (Å²) in [7, 11) is 0. The molecule has 0 saturated carbocycles. The van der Waals surface area contributed by atoms with Gasteiger partial charge in [0, 0.05) is 0 Å². The Morgan fingerprint density at radius 1 is 0.509 bits per heavy atom. The van der Waals surface area contributed by atoms with Crippen LogP contribution in [0.1, 0.15) is 41.4 Å². The summed E-state index contributed by atoms with van der Waals surface area (Å²) in [5.74, 6) is -3.08. The van der Waals surface area contributed by atoms with Gasteiger partial charge in [0.05, 0.1) is 28.9 Å². The molecule has 272 valence electrons. The van der Waals surface area contributed by atoms with Crippen LogP contribution in [-0.2, 0) is 42.6 Å². The molecule has 4 saturated heterocycles. The van der Waals surface area contributed by atoms with Gasteiger partial charge in [-0.25, -0.2) is 19.2 Å². The van der Waals surface area contributed by atoms with E-state index in [-0.39, 0.29) is 35.0 Å².